The average Bonchev–Trinajstić information content (AvgIpc) is 2.74. The Bertz CT molecular complexity index is 585. The Morgan fingerprint density at radius 2 is 2.11 bits per heavy atom. The number of halogens is 3. The van der Waals surface area contributed by atoms with Crippen LogP contribution in [0.25, 0.3) is 0 Å². The Morgan fingerprint density at radius 1 is 1.33 bits per heavy atom. The van der Waals surface area contributed by atoms with Gasteiger partial charge in [0.1, 0.15) is 4.88 Å². The van der Waals surface area contributed by atoms with Crippen molar-refractivity contribution in [3.8, 4) is 0 Å². The maximum absolute atomic E-state index is 11.9. The molecule has 2 rings (SSSR count). The predicted molar refractivity (Wildman–Crippen MR) is 82.3 cm³/mol. The van der Waals surface area contributed by atoms with Crippen molar-refractivity contribution in [2.45, 2.75) is 6.54 Å². The van der Waals surface area contributed by atoms with Crippen LogP contribution in [0.3, 0.4) is 0 Å². The van der Waals surface area contributed by atoms with Gasteiger partial charge in [0.25, 0.3) is 5.91 Å². The van der Waals surface area contributed by atoms with Crippen molar-refractivity contribution in [3.05, 3.63) is 54.1 Å². The van der Waals surface area contributed by atoms with Crippen LogP contribution in [-0.4, -0.2) is 5.91 Å². The zero-order valence-electron chi connectivity index (χ0n) is 9.04. The van der Waals surface area contributed by atoms with E-state index in [2.05, 4.69) is 37.2 Å². The number of hydrogen-bond donors (Lipinski definition) is 1. The molecule has 1 aromatic heterocycles. The van der Waals surface area contributed by atoms with Gasteiger partial charge in [-0.25, -0.2) is 0 Å². The molecule has 1 amide bonds. The minimum absolute atomic E-state index is 0.101. The molecule has 0 fully saturated rings. The van der Waals surface area contributed by atoms with E-state index >= 15 is 0 Å². The molecule has 1 N–H and O–H groups in total. The van der Waals surface area contributed by atoms with Crippen molar-refractivity contribution < 1.29 is 4.79 Å². The molecule has 0 aliphatic heterocycles. The first-order valence-corrected chi connectivity index (χ1v) is 7.87. The summed E-state index contributed by atoms with van der Waals surface area (Å²) in [6.45, 7) is 0.412. The summed E-state index contributed by atoms with van der Waals surface area (Å²) in [5.41, 5.74) is 0.890. The second-order valence-corrected chi connectivity index (χ2v) is 6.61. The number of amides is 1. The first kappa shape index (κ1) is 14.1. The van der Waals surface area contributed by atoms with E-state index in [0.29, 0.717) is 16.4 Å². The van der Waals surface area contributed by atoms with Crippen molar-refractivity contribution in [1.82, 2.24) is 5.32 Å². The van der Waals surface area contributed by atoms with Crippen molar-refractivity contribution in [2.75, 3.05) is 0 Å². The number of carbonyl (C=O) groups excluding carboxylic acids is 1. The lowest BCUT2D eigenvalue weighted by atomic mass is 10.2. The third-order valence-electron chi connectivity index (χ3n) is 2.28. The fraction of sp³-hybridized carbons (Fsp3) is 0.0833. The Hall–Kier alpha value is -0.360. The lowest BCUT2D eigenvalue weighted by Gasteiger charge is -2.06. The Balaban J connectivity index is 2.04. The van der Waals surface area contributed by atoms with Crippen LogP contribution < -0.4 is 5.32 Å². The fourth-order valence-electron chi connectivity index (χ4n) is 1.38. The van der Waals surface area contributed by atoms with Crippen LogP contribution in [0.15, 0.2) is 38.6 Å². The van der Waals surface area contributed by atoms with E-state index in [0.717, 1.165) is 14.5 Å². The summed E-state index contributed by atoms with van der Waals surface area (Å²) >= 11 is 14.2. The number of nitrogens with one attached hydrogen (secondary N) is 1. The van der Waals surface area contributed by atoms with Crippen LogP contribution in [0.1, 0.15) is 15.2 Å². The third-order valence-corrected chi connectivity index (χ3v) is 4.96. The molecular weight excluding hydrogens is 401 g/mol. The van der Waals surface area contributed by atoms with E-state index in [4.69, 9.17) is 11.6 Å². The molecule has 6 heteroatoms. The maximum Gasteiger partial charge on any atom is 0.262 e. The van der Waals surface area contributed by atoms with E-state index in [1.54, 1.807) is 0 Å². The van der Waals surface area contributed by atoms with Crippen LogP contribution in [-0.2, 0) is 6.54 Å². The number of thiophene rings is 1. The fourth-order valence-corrected chi connectivity index (χ4v) is 3.58. The Morgan fingerprint density at radius 3 is 2.72 bits per heavy atom. The van der Waals surface area contributed by atoms with Gasteiger partial charge in [0, 0.05) is 20.5 Å². The van der Waals surface area contributed by atoms with E-state index in [9.17, 15) is 4.79 Å². The van der Waals surface area contributed by atoms with Gasteiger partial charge in [-0.2, -0.15) is 0 Å². The van der Waals surface area contributed by atoms with Crippen LogP contribution in [0.5, 0.6) is 0 Å². The van der Waals surface area contributed by atoms with Gasteiger partial charge < -0.3 is 5.32 Å². The van der Waals surface area contributed by atoms with Gasteiger partial charge in [-0.05, 0) is 45.1 Å². The quantitative estimate of drug-likeness (QED) is 0.771. The minimum Gasteiger partial charge on any atom is -0.347 e. The highest BCUT2D eigenvalue weighted by atomic mass is 79.9. The highest BCUT2D eigenvalue weighted by Gasteiger charge is 2.11. The summed E-state index contributed by atoms with van der Waals surface area (Å²) in [7, 11) is 0. The summed E-state index contributed by atoms with van der Waals surface area (Å²) < 4.78 is 1.73. The molecule has 94 valence electrons. The topological polar surface area (TPSA) is 29.1 Å². The van der Waals surface area contributed by atoms with Crippen molar-refractivity contribution >= 4 is 60.7 Å². The zero-order valence-corrected chi connectivity index (χ0v) is 13.8. The SMILES string of the molecule is O=C(NCc1ccc(Br)cc1Cl)c1sccc1Br. The molecule has 2 aromatic rings. The second kappa shape index (κ2) is 6.19. The van der Waals surface area contributed by atoms with Gasteiger partial charge in [-0.15, -0.1) is 11.3 Å². The standard InChI is InChI=1S/C12H8Br2ClNOS/c13-8-2-1-7(10(15)5-8)6-16-12(17)11-9(14)3-4-18-11/h1-5H,6H2,(H,16,17). The number of rotatable bonds is 3. The van der Waals surface area contributed by atoms with E-state index < -0.39 is 0 Å². The molecule has 1 aromatic carbocycles. The third kappa shape index (κ3) is 3.35. The van der Waals surface area contributed by atoms with Crippen LogP contribution in [0.4, 0.5) is 0 Å². The van der Waals surface area contributed by atoms with Gasteiger partial charge in [0.15, 0.2) is 0 Å². The summed E-state index contributed by atoms with van der Waals surface area (Å²) in [5.74, 6) is -0.101. The molecule has 0 saturated heterocycles. The molecule has 18 heavy (non-hydrogen) atoms. The van der Waals surface area contributed by atoms with Gasteiger partial charge in [-0.3, -0.25) is 4.79 Å². The monoisotopic (exact) mass is 407 g/mol. The average molecular weight is 410 g/mol. The summed E-state index contributed by atoms with van der Waals surface area (Å²) in [5, 5.41) is 5.35. The second-order valence-electron chi connectivity index (χ2n) is 3.52. The van der Waals surface area contributed by atoms with Gasteiger partial charge in [0.2, 0.25) is 0 Å². The minimum atomic E-state index is -0.101. The molecule has 0 unspecified atom stereocenters. The van der Waals surface area contributed by atoms with Crippen LogP contribution in [0.2, 0.25) is 5.02 Å². The maximum atomic E-state index is 11.9. The smallest absolute Gasteiger partial charge is 0.262 e. The molecule has 0 aliphatic carbocycles. The number of hydrogen-bond acceptors (Lipinski definition) is 2. The van der Waals surface area contributed by atoms with Crippen LogP contribution >= 0.6 is 54.8 Å². The molecule has 0 aliphatic rings. The Labute approximate surface area is 131 Å². The zero-order chi connectivity index (χ0) is 13.1. The van der Waals surface area contributed by atoms with E-state index in [1.807, 2.05) is 29.6 Å². The predicted octanol–water partition coefficient (Wildman–Crippen LogP) is 4.86. The van der Waals surface area contributed by atoms with Gasteiger partial charge in [0.05, 0.1) is 0 Å². The number of benzene rings is 1. The largest absolute Gasteiger partial charge is 0.347 e. The highest BCUT2D eigenvalue weighted by Crippen LogP contribution is 2.23. The van der Waals surface area contributed by atoms with Gasteiger partial charge in [-0.1, -0.05) is 33.6 Å². The lowest BCUT2D eigenvalue weighted by Crippen LogP contribution is -2.22. The molecular formula is C12H8Br2ClNOS. The molecule has 0 atom stereocenters. The highest BCUT2D eigenvalue weighted by molar-refractivity contribution is 9.10. The number of carbonyl (C=O) groups is 1. The normalized spacial score (nSPS) is 10.4. The van der Waals surface area contributed by atoms with Crippen LogP contribution in [0, 0.1) is 0 Å². The Kier molecular flexibility index (Phi) is 4.84. The van der Waals surface area contributed by atoms with E-state index in [1.165, 1.54) is 11.3 Å². The summed E-state index contributed by atoms with van der Waals surface area (Å²) in [6.07, 6.45) is 0. The van der Waals surface area contributed by atoms with Crippen molar-refractivity contribution in [1.29, 1.82) is 0 Å². The van der Waals surface area contributed by atoms with Gasteiger partial charge >= 0.3 is 0 Å². The molecule has 0 bridgehead atoms. The molecule has 0 saturated carbocycles. The summed E-state index contributed by atoms with van der Waals surface area (Å²) in [4.78, 5) is 12.6. The first-order chi connectivity index (χ1) is 8.58. The molecule has 2 nitrogen and oxygen atoms in total. The molecule has 0 radical (unpaired) electrons. The van der Waals surface area contributed by atoms with Crippen molar-refractivity contribution in [3.63, 3.8) is 0 Å². The van der Waals surface area contributed by atoms with Crippen molar-refractivity contribution in [2.24, 2.45) is 0 Å². The first-order valence-electron chi connectivity index (χ1n) is 5.03. The lowest BCUT2D eigenvalue weighted by molar-refractivity contribution is 0.0954. The molecule has 1 heterocycles. The van der Waals surface area contributed by atoms with E-state index in [-0.39, 0.29) is 5.91 Å². The molecule has 0 spiro atoms. The summed E-state index contributed by atoms with van der Waals surface area (Å²) in [6, 6.07) is 7.45.